The summed E-state index contributed by atoms with van der Waals surface area (Å²) in [7, 11) is 1.19. The molecule has 7 heteroatoms. The van der Waals surface area contributed by atoms with Crippen molar-refractivity contribution >= 4 is 18.0 Å². The number of halogens is 3. The molecule has 0 aliphatic rings. The van der Waals surface area contributed by atoms with Gasteiger partial charge in [-0.3, -0.25) is 4.79 Å². The average Bonchev–Trinajstić information content (AvgIpc) is 2.32. The second kappa shape index (κ2) is 5.42. The second-order valence-electron chi connectivity index (χ2n) is 3.07. The van der Waals surface area contributed by atoms with Crippen molar-refractivity contribution in [3.8, 4) is 0 Å². The van der Waals surface area contributed by atoms with Crippen LogP contribution in [0.15, 0.2) is 4.99 Å². The number of rotatable bonds is 3. The standard InChI is InChI=1S/C10H9F3N2O2/c1-5-7(11)8(12)9(13)15-10(5)14-4-3-6(16)17-2/h4H,3H2,1-2H3. The zero-order valence-electron chi connectivity index (χ0n) is 9.13. The number of hydrogen-bond donors (Lipinski definition) is 0. The van der Waals surface area contributed by atoms with Gasteiger partial charge in [0.1, 0.15) is 0 Å². The highest BCUT2D eigenvalue weighted by molar-refractivity contribution is 5.86. The van der Waals surface area contributed by atoms with Gasteiger partial charge in [0, 0.05) is 11.8 Å². The molecular weight excluding hydrogens is 237 g/mol. The molecule has 0 aromatic carbocycles. The summed E-state index contributed by atoms with van der Waals surface area (Å²) in [6, 6.07) is 0. The van der Waals surface area contributed by atoms with Gasteiger partial charge in [0.05, 0.1) is 13.5 Å². The van der Waals surface area contributed by atoms with E-state index in [9.17, 15) is 18.0 Å². The number of esters is 1. The van der Waals surface area contributed by atoms with E-state index in [0.29, 0.717) is 0 Å². The van der Waals surface area contributed by atoms with Gasteiger partial charge in [-0.2, -0.15) is 13.8 Å². The second-order valence-corrected chi connectivity index (χ2v) is 3.07. The normalized spacial score (nSPS) is 10.9. The molecule has 0 bridgehead atoms. The van der Waals surface area contributed by atoms with Gasteiger partial charge in [-0.15, -0.1) is 0 Å². The molecule has 0 unspecified atom stereocenters. The van der Waals surface area contributed by atoms with Crippen molar-refractivity contribution < 1.29 is 22.7 Å². The molecule has 92 valence electrons. The summed E-state index contributed by atoms with van der Waals surface area (Å²) in [5.74, 6) is -5.43. The lowest BCUT2D eigenvalue weighted by molar-refractivity contribution is -0.139. The summed E-state index contributed by atoms with van der Waals surface area (Å²) in [6.07, 6.45) is 0.913. The Bertz CT molecular complexity index is 475. The SMILES string of the molecule is COC(=O)CC=Nc1nc(F)c(F)c(F)c1C. The molecule has 1 aromatic heterocycles. The van der Waals surface area contributed by atoms with Gasteiger partial charge in [0.15, 0.2) is 11.6 Å². The van der Waals surface area contributed by atoms with Crippen molar-refractivity contribution in [2.45, 2.75) is 13.3 Å². The molecule has 0 amide bonds. The lowest BCUT2D eigenvalue weighted by Crippen LogP contribution is -2.01. The van der Waals surface area contributed by atoms with Crippen LogP contribution >= 0.6 is 0 Å². The molecule has 1 rings (SSSR count). The van der Waals surface area contributed by atoms with Crippen molar-refractivity contribution in [2.24, 2.45) is 4.99 Å². The first-order valence-corrected chi connectivity index (χ1v) is 4.57. The number of nitrogens with zero attached hydrogens (tertiary/aromatic N) is 2. The first-order chi connectivity index (χ1) is 7.97. The number of methoxy groups -OCH3 is 1. The van der Waals surface area contributed by atoms with Gasteiger partial charge in [-0.25, -0.2) is 9.38 Å². The Morgan fingerprint density at radius 1 is 1.41 bits per heavy atom. The molecule has 0 spiro atoms. The number of carbonyl (C=O) groups excluding carboxylic acids is 1. The van der Waals surface area contributed by atoms with E-state index in [4.69, 9.17) is 0 Å². The summed E-state index contributed by atoms with van der Waals surface area (Å²) in [5.41, 5.74) is -0.231. The molecule has 0 N–H and O–H groups in total. The van der Waals surface area contributed by atoms with Crippen LogP contribution in [0.3, 0.4) is 0 Å². The summed E-state index contributed by atoms with van der Waals surface area (Å²) < 4.78 is 42.9. The van der Waals surface area contributed by atoms with Crippen LogP contribution in [-0.4, -0.2) is 24.3 Å². The highest BCUT2D eigenvalue weighted by Gasteiger charge is 2.16. The smallest absolute Gasteiger partial charge is 0.310 e. The predicted molar refractivity (Wildman–Crippen MR) is 53.6 cm³/mol. The van der Waals surface area contributed by atoms with Crippen molar-refractivity contribution in [2.75, 3.05) is 7.11 Å². The molecular formula is C10H9F3N2O2. The minimum atomic E-state index is -1.64. The molecule has 0 atom stereocenters. The third-order valence-electron chi connectivity index (χ3n) is 1.94. The zero-order valence-corrected chi connectivity index (χ0v) is 9.13. The van der Waals surface area contributed by atoms with Crippen LogP contribution in [0.5, 0.6) is 0 Å². The minimum absolute atomic E-state index is 0.168. The van der Waals surface area contributed by atoms with Gasteiger partial charge >= 0.3 is 5.97 Å². The first kappa shape index (κ1) is 13.1. The minimum Gasteiger partial charge on any atom is -0.469 e. The van der Waals surface area contributed by atoms with E-state index in [1.165, 1.54) is 14.0 Å². The fourth-order valence-electron chi connectivity index (χ4n) is 0.995. The molecule has 17 heavy (non-hydrogen) atoms. The molecule has 4 nitrogen and oxygen atoms in total. The van der Waals surface area contributed by atoms with E-state index in [0.717, 1.165) is 6.21 Å². The summed E-state index contributed by atoms with van der Waals surface area (Å²) in [5, 5.41) is 0. The third kappa shape index (κ3) is 3.02. The fourth-order valence-corrected chi connectivity index (χ4v) is 0.995. The maximum Gasteiger partial charge on any atom is 0.310 e. The molecule has 1 aromatic rings. The quantitative estimate of drug-likeness (QED) is 0.466. The Morgan fingerprint density at radius 3 is 2.65 bits per heavy atom. The number of aromatic nitrogens is 1. The fraction of sp³-hybridized carbons (Fsp3) is 0.300. The number of hydrogen-bond acceptors (Lipinski definition) is 4. The van der Waals surface area contributed by atoms with Crippen LogP contribution in [0.2, 0.25) is 0 Å². The van der Waals surface area contributed by atoms with Crippen molar-refractivity contribution in [1.82, 2.24) is 4.98 Å². The summed E-state index contributed by atoms with van der Waals surface area (Å²) in [4.78, 5) is 17.4. The average molecular weight is 246 g/mol. The molecule has 1 heterocycles. The third-order valence-corrected chi connectivity index (χ3v) is 1.94. The lowest BCUT2D eigenvalue weighted by atomic mass is 10.2. The van der Waals surface area contributed by atoms with Crippen LogP contribution in [0.1, 0.15) is 12.0 Å². The Morgan fingerprint density at radius 2 is 2.06 bits per heavy atom. The Labute approximate surface area is 95.1 Å². The van der Waals surface area contributed by atoms with Crippen molar-refractivity contribution in [1.29, 1.82) is 0 Å². The van der Waals surface area contributed by atoms with Gasteiger partial charge < -0.3 is 4.74 Å². The highest BCUT2D eigenvalue weighted by atomic mass is 19.2. The van der Waals surface area contributed by atoms with Crippen LogP contribution in [0.4, 0.5) is 19.0 Å². The largest absolute Gasteiger partial charge is 0.469 e. The zero-order chi connectivity index (χ0) is 13.0. The van der Waals surface area contributed by atoms with E-state index < -0.39 is 23.6 Å². The number of ether oxygens (including phenoxy) is 1. The Balaban J connectivity index is 2.96. The van der Waals surface area contributed by atoms with E-state index >= 15 is 0 Å². The molecule has 0 aliphatic carbocycles. The van der Waals surface area contributed by atoms with Crippen LogP contribution < -0.4 is 0 Å². The maximum atomic E-state index is 13.1. The van der Waals surface area contributed by atoms with Gasteiger partial charge in [-0.05, 0) is 6.92 Å². The van der Waals surface area contributed by atoms with Gasteiger partial charge in [0.25, 0.3) is 5.95 Å². The first-order valence-electron chi connectivity index (χ1n) is 4.57. The Kier molecular flexibility index (Phi) is 4.19. The molecule has 0 fully saturated rings. The molecule has 0 radical (unpaired) electrons. The van der Waals surface area contributed by atoms with Crippen LogP contribution in [0.25, 0.3) is 0 Å². The number of aliphatic imine (C=N–C) groups is 1. The van der Waals surface area contributed by atoms with Crippen LogP contribution in [0, 0.1) is 24.5 Å². The Hall–Kier alpha value is -1.92. The summed E-state index contributed by atoms with van der Waals surface area (Å²) in [6.45, 7) is 1.20. The van der Waals surface area contributed by atoms with Crippen molar-refractivity contribution in [3.63, 3.8) is 0 Å². The molecule has 0 saturated heterocycles. The predicted octanol–water partition coefficient (Wildman–Crippen LogP) is 2.07. The van der Waals surface area contributed by atoms with Crippen molar-refractivity contribution in [3.05, 3.63) is 23.1 Å². The van der Waals surface area contributed by atoms with E-state index in [-0.39, 0.29) is 17.8 Å². The molecule has 0 saturated carbocycles. The number of pyridine rings is 1. The maximum absolute atomic E-state index is 13.1. The van der Waals surface area contributed by atoms with E-state index in [1.807, 2.05) is 0 Å². The van der Waals surface area contributed by atoms with E-state index in [2.05, 4.69) is 14.7 Å². The van der Waals surface area contributed by atoms with Crippen LogP contribution in [-0.2, 0) is 9.53 Å². The van der Waals surface area contributed by atoms with Gasteiger partial charge in [-0.1, -0.05) is 0 Å². The summed E-state index contributed by atoms with van der Waals surface area (Å²) >= 11 is 0. The van der Waals surface area contributed by atoms with E-state index in [1.54, 1.807) is 0 Å². The lowest BCUT2D eigenvalue weighted by Gasteiger charge is -2.02. The number of carbonyl (C=O) groups is 1. The monoisotopic (exact) mass is 246 g/mol. The van der Waals surface area contributed by atoms with Gasteiger partial charge in [0.2, 0.25) is 5.82 Å². The topological polar surface area (TPSA) is 51.5 Å². The molecule has 0 aliphatic heterocycles. The highest BCUT2D eigenvalue weighted by Crippen LogP contribution is 2.21.